The lowest BCUT2D eigenvalue weighted by Gasteiger charge is -2.42. The Balaban J connectivity index is 1.63. The summed E-state index contributed by atoms with van der Waals surface area (Å²) < 4.78 is 11.5. The molecule has 3 aromatic rings. The molecule has 1 aromatic heterocycles. The van der Waals surface area contributed by atoms with Gasteiger partial charge in [0, 0.05) is 36.2 Å². The third-order valence-corrected chi connectivity index (χ3v) is 7.82. The highest BCUT2D eigenvalue weighted by Crippen LogP contribution is 2.36. The number of aryl methyl sites for hydroxylation is 1. The molecule has 41 heavy (non-hydrogen) atoms. The summed E-state index contributed by atoms with van der Waals surface area (Å²) in [5.41, 5.74) is 0.716. The number of para-hydroxylation sites is 1. The average Bonchev–Trinajstić information content (AvgIpc) is 3.45. The summed E-state index contributed by atoms with van der Waals surface area (Å²) in [5.74, 6) is 0.394. The maximum atomic E-state index is 14.2. The number of hydrogen-bond acceptors (Lipinski definition) is 6. The van der Waals surface area contributed by atoms with Gasteiger partial charge in [-0.3, -0.25) is 14.5 Å². The van der Waals surface area contributed by atoms with Crippen LogP contribution < -0.4 is 9.64 Å². The van der Waals surface area contributed by atoms with Crippen LogP contribution in [0.5, 0.6) is 11.5 Å². The molecule has 2 aromatic carbocycles. The molecule has 2 atom stereocenters. The molecule has 0 spiro atoms. The monoisotopic (exact) mass is 597 g/mol. The van der Waals surface area contributed by atoms with Gasteiger partial charge in [-0.05, 0) is 82.0 Å². The molecule has 1 aliphatic rings. The highest BCUT2D eigenvalue weighted by Gasteiger charge is 2.40. The van der Waals surface area contributed by atoms with Crippen LogP contribution in [-0.4, -0.2) is 64.9 Å². The lowest BCUT2D eigenvalue weighted by molar-refractivity contribution is -0.137. The lowest BCUT2D eigenvalue weighted by atomic mass is 10.1. The van der Waals surface area contributed by atoms with Crippen LogP contribution in [0.1, 0.15) is 44.2 Å². The van der Waals surface area contributed by atoms with Gasteiger partial charge in [-0.25, -0.2) is 4.79 Å². The fourth-order valence-electron chi connectivity index (χ4n) is 4.80. The molecule has 0 saturated carbocycles. The van der Waals surface area contributed by atoms with Crippen LogP contribution in [0.3, 0.4) is 0 Å². The number of hydrogen-bond donors (Lipinski definition) is 0. The zero-order valence-electron chi connectivity index (χ0n) is 24.0. The largest absolute Gasteiger partial charge is 0.457 e. The normalized spacial score (nSPS) is 16.2. The van der Waals surface area contributed by atoms with Gasteiger partial charge in [-0.15, -0.1) is 22.9 Å². The molecule has 1 fully saturated rings. The second kappa shape index (κ2) is 13.0. The number of carbonyl (C=O) groups is 3. The number of anilines is 1. The number of nitrogens with zero attached hydrogens (tertiary/aromatic N) is 3. The van der Waals surface area contributed by atoms with Crippen molar-refractivity contribution < 1.29 is 23.9 Å². The Morgan fingerprint density at radius 3 is 2.37 bits per heavy atom. The van der Waals surface area contributed by atoms with Crippen molar-refractivity contribution in [1.82, 2.24) is 9.80 Å². The number of amides is 3. The van der Waals surface area contributed by atoms with Crippen LogP contribution >= 0.6 is 22.9 Å². The molecule has 4 rings (SSSR count). The van der Waals surface area contributed by atoms with Crippen molar-refractivity contribution in [2.75, 3.05) is 30.4 Å². The highest BCUT2D eigenvalue weighted by atomic mass is 35.5. The van der Waals surface area contributed by atoms with Gasteiger partial charge in [0.1, 0.15) is 29.0 Å². The second-order valence-electron chi connectivity index (χ2n) is 11.0. The van der Waals surface area contributed by atoms with E-state index in [1.54, 1.807) is 21.9 Å². The summed E-state index contributed by atoms with van der Waals surface area (Å²) in [6.45, 7) is 10.2. The summed E-state index contributed by atoms with van der Waals surface area (Å²) in [5, 5.41) is 1.88. The molecule has 1 aliphatic heterocycles. The second-order valence-corrected chi connectivity index (χ2v) is 12.2. The molecule has 2 heterocycles. The van der Waals surface area contributed by atoms with E-state index in [-0.39, 0.29) is 17.8 Å². The minimum Gasteiger partial charge on any atom is -0.457 e. The average molecular weight is 598 g/mol. The van der Waals surface area contributed by atoms with Crippen LogP contribution in [0.15, 0.2) is 66.0 Å². The fraction of sp³-hybridized carbons (Fsp3) is 0.387. The first-order valence-electron chi connectivity index (χ1n) is 13.5. The third kappa shape index (κ3) is 7.40. The molecule has 0 radical (unpaired) electrons. The van der Waals surface area contributed by atoms with E-state index in [9.17, 15) is 14.4 Å². The van der Waals surface area contributed by atoms with Gasteiger partial charge in [-0.2, -0.15) is 0 Å². The summed E-state index contributed by atoms with van der Waals surface area (Å²) in [7, 11) is 0. The number of ether oxygens (including phenoxy) is 2. The van der Waals surface area contributed by atoms with Crippen LogP contribution in [0, 0.1) is 6.92 Å². The maximum Gasteiger partial charge on any atom is 0.410 e. The van der Waals surface area contributed by atoms with Crippen LogP contribution in [-0.2, 0) is 14.3 Å². The number of alkyl halides is 1. The Kier molecular flexibility index (Phi) is 9.60. The van der Waals surface area contributed by atoms with E-state index >= 15 is 0 Å². The minimum absolute atomic E-state index is 0.231. The van der Waals surface area contributed by atoms with E-state index < -0.39 is 23.6 Å². The number of halogens is 1. The Morgan fingerprint density at radius 2 is 1.78 bits per heavy atom. The van der Waals surface area contributed by atoms with Gasteiger partial charge in [-0.1, -0.05) is 24.3 Å². The number of rotatable bonds is 7. The molecule has 8 nitrogen and oxygen atoms in total. The first kappa shape index (κ1) is 30.4. The molecule has 0 aliphatic carbocycles. The summed E-state index contributed by atoms with van der Waals surface area (Å²) in [6.07, 6.45) is -0.403. The van der Waals surface area contributed by atoms with E-state index in [4.69, 9.17) is 21.1 Å². The van der Waals surface area contributed by atoms with Crippen molar-refractivity contribution in [2.45, 2.75) is 52.3 Å². The molecular weight excluding hydrogens is 562 g/mol. The van der Waals surface area contributed by atoms with Gasteiger partial charge in [0.05, 0.1) is 0 Å². The van der Waals surface area contributed by atoms with Gasteiger partial charge >= 0.3 is 6.09 Å². The molecule has 10 heteroatoms. The zero-order chi connectivity index (χ0) is 29.7. The van der Waals surface area contributed by atoms with Gasteiger partial charge in [0.15, 0.2) is 0 Å². The minimum atomic E-state index is -0.916. The SMILES string of the molecule is Cc1cc(Oc2ccccc2)ccc1N(C(=O)CCl)[C@H](C(=O)N1CCN(C(=O)OC(C)(C)C)[C@H](C)C1)c1cccs1. The molecule has 0 unspecified atom stereocenters. The van der Waals surface area contributed by atoms with Crippen molar-refractivity contribution >= 4 is 46.5 Å². The van der Waals surface area contributed by atoms with Crippen molar-refractivity contribution in [3.63, 3.8) is 0 Å². The lowest BCUT2D eigenvalue weighted by Crippen LogP contribution is -2.58. The van der Waals surface area contributed by atoms with Crippen LogP contribution in [0.2, 0.25) is 0 Å². The number of thiophene rings is 1. The molecule has 0 bridgehead atoms. The van der Waals surface area contributed by atoms with Gasteiger partial charge < -0.3 is 19.3 Å². The molecule has 0 N–H and O–H groups in total. The van der Waals surface area contributed by atoms with Gasteiger partial charge in [0.2, 0.25) is 5.91 Å². The highest BCUT2D eigenvalue weighted by molar-refractivity contribution is 7.10. The summed E-state index contributed by atoms with van der Waals surface area (Å²) in [6, 6.07) is 17.4. The fourth-order valence-corrected chi connectivity index (χ4v) is 5.73. The van der Waals surface area contributed by atoms with E-state index in [2.05, 4.69) is 0 Å². The predicted octanol–water partition coefficient (Wildman–Crippen LogP) is 6.63. The molecule has 3 amide bonds. The molecule has 1 saturated heterocycles. The van der Waals surface area contributed by atoms with Crippen LogP contribution in [0.4, 0.5) is 10.5 Å². The number of piperazine rings is 1. The summed E-state index contributed by atoms with van der Waals surface area (Å²) >= 11 is 7.52. The van der Waals surface area contributed by atoms with Crippen molar-refractivity contribution in [3.05, 3.63) is 76.5 Å². The quantitative estimate of drug-likeness (QED) is 0.286. The van der Waals surface area contributed by atoms with Crippen LogP contribution in [0.25, 0.3) is 0 Å². The Hall–Kier alpha value is -3.56. The number of carbonyl (C=O) groups excluding carboxylic acids is 3. The first-order valence-corrected chi connectivity index (χ1v) is 14.9. The zero-order valence-corrected chi connectivity index (χ0v) is 25.6. The molecule has 218 valence electrons. The maximum absolute atomic E-state index is 14.2. The van der Waals surface area contributed by atoms with Crippen molar-refractivity contribution in [3.8, 4) is 11.5 Å². The number of benzene rings is 2. The Labute approximate surface area is 250 Å². The van der Waals surface area contributed by atoms with E-state index in [1.807, 2.05) is 88.5 Å². The van der Waals surface area contributed by atoms with E-state index in [0.717, 1.165) is 10.4 Å². The van der Waals surface area contributed by atoms with Gasteiger partial charge in [0.25, 0.3) is 5.91 Å². The van der Waals surface area contributed by atoms with E-state index in [0.29, 0.717) is 36.8 Å². The first-order chi connectivity index (χ1) is 19.5. The Bertz CT molecular complexity index is 1360. The standard InChI is InChI=1S/C31H36ClN3O5S/c1-21-18-24(39-23-10-7-6-8-11-23)13-14-25(21)35(27(36)19-32)28(26-12-9-17-41-26)29(37)33-15-16-34(22(2)20-33)30(38)40-31(3,4)5/h6-14,17-18,22,28H,15-16,19-20H2,1-5H3/t22-,28+/m1/s1. The molecular formula is C31H36ClN3O5S. The van der Waals surface area contributed by atoms with E-state index in [1.165, 1.54) is 16.2 Å². The summed E-state index contributed by atoms with van der Waals surface area (Å²) in [4.78, 5) is 46.0. The Morgan fingerprint density at radius 1 is 1.05 bits per heavy atom. The van der Waals surface area contributed by atoms with Crippen molar-refractivity contribution in [1.29, 1.82) is 0 Å². The van der Waals surface area contributed by atoms with Crippen molar-refractivity contribution in [2.24, 2.45) is 0 Å². The topological polar surface area (TPSA) is 79.4 Å². The predicted molar refractivity (Wildman–Crippen MR) is 162 cm³/mol. The smallest absolute Gasteiger partial charge is 0.410 e. The third-order valence-electron chi connectivity index (χ3n) is 6.66.